The molecular formula is C19H22N4O4. The Labute approximate surface area is 156 Å². The van der Waals surface area contributed by atoms with E-state index in [2.05, 4.69) is 10.2 Å². The van der Waals surface area contributed by atoms with Crippen molar-refractivity contribution in [3.8, 4) is 0 Å². The van der Waals surface area contributed by atoms with Crippen LogP contribution in [-0.4, -0.2) is 58.6 Å². The Morgan fingerprint density at radius 1 is 1.07 bits per heavy atom. The van der Waals surface area contributed by atoms with Gasteiger partial charge in [0.25, 0.3) is 11.8 Å². The Hall–Kier alpha value is -2.58. The molecule has 0 bridgehead atoms. The summed E-state index contributed by atoms with van der Waals surface area (Å²) in [5.74, 6) is -1.92. The maximum Gasteiger partial charge on any atom is 0.262 e. The average molecular weight is 370 g/mol. The van der Waals surface area contributed by atoms with Crippen LogP contribution >= 0.6 is 0 Å². The molecule has 2 atom stereocenters. The van der Waals surface area contributed by atoms with Crippen LogP contribution in [0, 0.1) is 0 Å². The van der Waals surface area contributed by atoms with E-state index in [-0.39, 0.29) is 24.8 Å². The minimum atomic E-state index is -0.932. The third-order valence-electron chi connectivity index (χ3n) is 5.45. The molecule has 4 rings (SSSR count). The molecule has 8 nitrogen and oxygen atoms in total. The SMILES string of the molecule is NC1CCCN(Cc2ccc3c(c2)C(=O)N(C2CCC(=O)NC2=O)C3=O)C1. The molecule has 142 valence electrons. The van der Waals surface area contributed by atoms with Gasteiger partial charge in [0.2, 0.25) is 11.8 Å². The number of hydrogen-bond donors (Lipinski definition) is 2. The van der Waals surface area contributed by atoms with E-state index in [0.717, 1.165) is 36.4 Å². The molecule has 4 amide bonds. The molecule has 3 aliphatic rings. The minimum Gasteiger partial charge on any atom is -0.327 e. The molecule has 1 aromatic rings. The zero-order valence-corrected chi connectivity index (χ0v) is 14.9. The van der Waals surface area contributed by atoms with Crippen molar-refractivity contribution < 1.29 is 19.2 Å². The number of imide groups is 2. The molecule has 1 aromatic carbocycles. The zero-order chi connectivity index (χ0) is 19.1. The molecular weight excluding hydrogens is 348 g/mol. The van der Waals surface area contributed by atoms with Crippen molar-refractivity contribution in [3.05, 3.63) is 34.9 Å². The predicted molar refractivity (Wildman–Crippen MR) is 95.6 cm³/mol. The monoisotopic (exact) mass is 370 g/mol. The highest BCUT2D eigenvalue weighted by molar-refractivity contribution is 6.23. The summed E-state index contributed by atoms with van der Waals surface area (Å²) < 4.78 is 0. The van der Waals surface area contributed by atoms with Gasteiger partial charge >= 0.3 is 0 Å². The molecule has 27 heavy (non-hydrogen) atoms. The van der Waals surface area contributed by atoms with E-state index in [4.69, 9.17) is 5.73 Å². The van der Waals surface area contributed by atoms with Gasteiger partial charge in [0, 0.05) is 25.6 Å². The third kappa shape index (κ3) is 3.26. The molecule has 2 unspecified atom stereocenters. The standard InChI is InChI=1S/C19H22N4O4/c20-12-2-1-7-22(10-12)9-11-3-4-13-14(8-11)19(27)23(18(13)26)15-5-6-16(24)21-17(15)25/h3-4,8,12,15H,1-2,5-7,9-10,20H2,(H,21,24,25). The molecule has 0 aliphatic carbocycles. The summed E-state index contributed by atoms with van der Waals surface area (Å²) in [5.41, 5.74) is 7.59. The van der Waals surface area contributed by atoms with E-state index >= 15 is 0 Å². The van der Waals surface area contributed by atoms with Crippen molar-refractivity contribution in [1.29, 1.82) is 0 Å². The summed E-state index contributed by atoms with van der Waals surface area (Å²) in [6.07, 6.45) is 2.35. The fraction of sp³-hybridized carbons (Fsp3) is 0.474. The Kier molecular flexibility index (Phi) is 4.53. The quantitative estimate of drug-likeness (QED) is 0.725. The van der Waals surface area contributed by atoms with Gasteiger partial charge < -0.3 is 5.73 Å². The van der Waals surface area contributed by atoms with Gasteiger partial charge in [-0.2, -0.15) is 0 Å². The fourth-order valence-corrected chi connectivity index (χ4v) is 4.11. The summed E-state index contributed by atoms with van der Waals surface area (Å²) in [6.45, 7) is 2.44. The highest BCUT2D eigenvalue weighted by atomic mass is 16.2. The van der Waals surface area contributed by atoms with Crippen molar-refractivity contribution in [2.75, 3.05) is 13.1 Å². The number of nitrogens with two attached hydrogens (primary N) is 1. The molecule has 2 fully saturated rings. The van der Waals surface area contributed by atoms with Crippen molar-refractivity contribution >= 4 is 23.6 Å². The van der Waals surface area contributed by atoms with E-state index in [0.29, 0.717) is 17.7 Å². The second kappa shape index (κ2) is 6.86. The number of benzene rings is 1. The molecule has 3 N–H and O–H groups in total. The van der Waals surface area contributed by atoms with Gasteiger partial charge in [-0.15, -0.1) is 0 Å². The predicted octanol–water partition coefficient (Wildman–Crippen LogP) is 0.0109. The van der Waals surface area contributed by atoms with Crippen LogP contribution in [0.15, 0.2) is 18.2 Å². The van der Waals surface area contributed by atoms with Gasteiger partial charge in [-0.1, -0.05) is 6.07 Å². The largest absolute Gasteiger partial charge is 0.327 e. The highest BCUT2D eigenvalue weighted by Crippen LogP contribution is 2.28. The molecule has 8 heteroatoms. The summed E-state index contributed by atoms with van der Waals surface area (Å²) in [4.78, 5) is 52.2. The summed E-state index contributed by atoms with van der Waals surface area (Å²) >= 11 is 0. The maximum atomic E-state index is 12.8. The van der Waals surface area contributed by atoms with Crippen molar-refractivity contribution in [3.63, 3.8) is 0 Å². The zero-order valence-electron chi connectivity index (χ0n) is 14.9. The lowest BCUT2D eigenvalue weighted by Gasteiger charge is -2.30. The molecule has 2 saturated heterocycles. The number of carbonyl (C=O) groups excluding carboxylic acids is 4. The van der Waals surface area contributed by atoms with Gasteiger partial charge in [0.1, 0.15) is 6.04 Å². The molecule has 3 aliphatic heterocycles. The van der Waals surface area contributed by atoms with Gasteiger partial charge in [-0.05, 0) is 43.5 Å². The number of nitrogens with zero attached hydrogens (tertiary/aromatic N) is 2. The number of nitrogens with one attached hydrogen (secondary N) is 1. The normalized spacial score (nSPS) is 26.3. The van der Waals surface area contributed by atoms with Gasteiger partial charge in [0.15, 0.2) is 0 Å². The summed E-state index contributed by atoms with van der Waals surface area (Å²) in [5, 5.41) is 2.20. The van der Waals surface area contributed by atoms with Gasteiger partial charge in [-0.25, -0.2) is 0 Å². The Morgan fingerprint density at radius 3 is 2.59 bits per heavy atom. The summed E-state index contributed by atoms with van der Waals surface area (Å²) in [6, 6.07) is 4.47. The summed E-state index contributed by atoms with van der Waals surface area (Å²) in [7, 11) is 0. The Bertz CT molecular complexity index is 837. The third-order valence-corrected chi connectivity index (χ3v) is 5.45. The molecule has 3 heterocycles. The Morgan fingerprint density at radius 2 is 1.85 bits per heavy atom. The first-order valence-electron chi connectivity index (χ1n) is 9.26. The number of carbonyl (C=O) groups is 4. The fourth-order valence-electron chi connectivity index (χ4n) is 4.11. The lowest BCUT2D eigenvalue weighted by molar-refractivity contribution is -0.136. The lowest BCUT2D eigenvalue weighted by atomic mass is 10.0. The van der Waals surface area contributed by atoms with Crippen LogP contribution in [-0.2, 0) is 16.1 Å². The molecule has 0 aromatic heterocycles. The van der Waals surface area contributed by atoms with Gasteiger partial charge in [-0.3, -0.25) is 34.3 Å². The molecule has 0 spiro atoms. The van der Waals surface area contributed by atoms with Gasteiger partial charge in [0.05, 0.1) is 11.1 Å². The van der Waals surface area contributed by atoms with Crippen LogP contribution in [0.5, 0.6) is 0 Å². The number of hydrogen-bond acceptors (Lipinski definition) is 6. The number of piperidine rings is 2. The lowest BCUT2D eigenvalue weighted by Crippen LogP contribution is -2.54. The smallest absolute Gasteiger partial charge is 0.262 e. The highest BCUT2D eigenvalue weighted by Gasteiger charge is 2.44. The van der Waals surface area contributed by atoms with Crippen LogP contribution < -0.4 is 11.1 Å². The minimum absolute atomic E-state index is 0.115. The molecule has 0 radical (unpaired) electrons. The van der Waals surface area contributed by atoms with E-state index in [9.17, 15) is 19.2 Å². The number of fused-ring (bicyclic) bond motifs is 1. The van der Waals surface area contributed by atoms with E-state index in [1.165, 1.54) is 0 Å². The van der Waals surface area contributed by atoms with Crippen LogP contribution in [0.4, 0.5) is 0 Å². The number of rotatable bonds is 3. The first kappa shape index (κ1) is 17.8. The van der Waals surface area contributed by atoms with Crippen molar-refractivity contribution in [2.24, 2.45) is 5.73 Å². The van der Waals surface area contributed by atoms with E-state index in [1.807, 2.05) is 6.07 Å². The topological polar surface area (TPSA) is 113 Å². The van der Waals surface area contributed by atoms with Crippen LogP contribution in [0.2, 0.25) is 0 Å². The first-order valence-corrected chi connectivity index (χ1v) is 9.26. The first-order chi connectivity index (χ1) is 12.9. The number of amides is 4. The maximum absolute atomic E-state index is 12.8. The second-order valence-electron chi connectivity index (χ2n) is 7.46. The van der Waals surface area contributed by atoms with E-state index < -0.39 is 23.8 Å². The van der Waals surface area contributed by atoms with Crippen LogP contribution in [0.3, 0.4) is 0 Å². The van der Waals surface area contributed by atoms with Crippen LogP contribution in [0.1, 0.15) is 52.0 Å². The van der Waals surface area contributed by atoms with Crippen molar-refractivity contribution in [2.45, 2.75) is 44.3 Å². The average Bonchev–Trinajstić information content (AvgIpc) is 2.86. The van der Waals surface area contributed by atoms with E-state index in [1.54, 1.807) is 12.1 Å². The van der Waals surface area contributed by atoms with Crippen molar-refractivity contribution in [1.82, 2.24) is 15.1 Å². The number of likely N-dealkylation sites (tertiary alicyclic amines) is 1. The molecule has 0 saturated carbocycles. The Balaban J connectivity index is 1.54. The second-order valence-corrected chi connectivity index (χ2v) is 7.46. The van der Waals surface area contributed by atoms with Crippen LogP contribution in [0.25, 0.3) is 0 Å².